The first-order chi connectivity index (χ1) is 12.0. The molecule has 0 saturated carbocycles. The number of hydrogen-bond acceptors (Lipinski definition) is 4. The molecule has 25 heavy (non-hydrogen) atoms. The van der Waals surface area contributed by atoms with Crippen molar-refractivity contribution in [2.75, 3.05) is 12.0 Å². The maximum Gasteiger partial charge on any atom is 0.281 e. The number of phenols is 1. The van der Waals surface area contributed by atoms with Gasteiger partial charge in [-0.15, -0.1) is 0 Å². The zero-order chi connectivity index (χ0) is 18.0. The molecule has 1 aliphatic heterocycles. The number of amides is 1. The Kier molecular flexibility index (Phi) is 4.72. The Hall–Kier alpha value is -2.86. The maximum atomic E-state index is 12.8. The van der Waals surface area contributed by atoms with Crippen molar-refractivity contribution < 1.29 is 14.6 Å². The van der Waals surface area contributed by atoms with Crippen LogP contribution in [0.3, 0.4) is 0 Å². The number of para-hydroxylation sites is 1. The average Bonchev–Trinajstić information content (AvgIpc) is 2.90. The number of hydrogen-bond donors (Lipinski definition) is 2. The van der Waals surface area contributed by atoms with Gasteiger partial charge >= 0.3 is 0 Å². The third kappa shape index (κ3) is 3.21. The molecule has 2 N–H and O–H groups in total. The van der Waals surface area contributed by atoms with Crippen LogP contribution < -0.4 is 15.0 Å². The Bertz CT molecular complexity index is 877. The Morgan fingerprint density at radius 2 is 2.04 bits per heavy atom. The van der Waals surface area contributed by atoms with E-state index >= 15 is 0 Å². The third-order valence-electron chi connectivity index (χ3n) is 4.01. The van der Waals surface area contributed by atoms with Crippen LogP contribution in [0.5, 0.6) is 11.5 Å². The largest absolute Gasteiger partial charge is 0.504 e. The smallest absolute Gasteiger partial charge is 0.281 e. The fraction of sp³-hybridized carbons (Fsp3) is 0.158. The van der Waals surface area contributed by atoms with E-state index in [0.717, 1.165) is 23.2 Å². The molecular weight excluding hydrogens is 336 g/mol. The van der Waals surface area contributed by atoms with E-state index in [2.05, 4.69) is 5.32 Å². The van der Waals surface area contributed by atoms with Gasteiger partial charge in [-0.2, -0.15) is 0 Å². The number of ether oxygens (including phenoxy) is 1. The number of aryl methyl sites for hydroxylation is 1. The number of methoxy groups -OCH3 is 1. The van der Waals surface area contributed by atoms with Crippen LogP contribution in [0.15, 0.2) is 48.2 Å². The number of carbonyl (C=O) groups is 1. The Morgan fingerprint density at radius 1 is 1.28 bits per heavy atom. The first-order valence-corrected chi connectivity index (χ1v) is 8.28. The zero-order valence-corrected chi connectivity index (χ0v) is 14.8. The molecule has 5 nitrogen and oxygen atoms in total. The van der Waals surface area contributed by atoms with Gasteiger partial charge in [0.05, 0.1) is 12.8 Å². The van der Waals surface area contributed by atoms with Crippen molar-refractivity contribution in [3.8, 4) is 11.5 Å². The summed E-state index contributed by atoms with van der Waals surface area (Å²) in [4.78, 5) is 14.3. The van der Waals surface area contributed by atoms with Crippen LogP contribution in [0.25, 0.3) is 6.08 Å². The van der Waals surface area contributed by atoms with Gasteiger partial charge in [0.1, 0.15) is 5.70 Å². The number of rotatable bonds is 4. The molecule has 0 aliphatic carbocycles. The van der Waals surface area contributed by atoms with Crippen molar-refractivity contribution >= 4 is 35.0 Å². The van der Waals surface area contributed by atoms with Crippen LogP contribution in [0, 0.1) is 0 Å². The molecular formula is C19H18N2O3S. The van der Waals surface area contributed by atoms with Crippen LogP contribution in [0.4, 0.5) is 5.69 Å². The van der Waals surface area contributed by atoms with Crippen molar-refractivity contribution in [3.63, 3.8) is 0 Å². The van der Waals surface area contributed by atoms with Crippen molar-refractivity contribution in [3.05, 3.63) is 59.3 Å². The number of thiocarbonyl (C=S) groups is 1. The molecule has 6 heteroatoms. The van der Waals surface area contributed by atoms with Gasteiger partial charge in [-0.05, 0) is 54.0 Å². The molecule has 0 aromatic heterocycles. The minimum atomic E-state index is -0.210. The second-order valence-electron chi connectivity index (χ2n) is 5.54. The molecule has 0 unspecified atom stereocenters. The monoisotopic (exact) mass is 354 g/mol. The summed E-state index contributed by atoms with van der Waals surface area (Å²) in [5, 5.41) is 13.0. The Morgan fingerprint density at radius 3 is 2.76 bits per heavy atom. The summed E-state index contributed by atoms with van der Waals surface area (Å²) in [7, 11) is 1.48. The van der Waals surface area contributed by atoms with Gasteiger partial charge in [-0.25, -0.2) is 0 Å². The van der Waals surface area contributed by atoms with E-state index in [-0.39, 0.29) is 11.7 Å². The molecule has 3 rings (SSSR count). The number of benzene rings is 2. The highest BCUT2D eigenvalue weighted by atomic mass is 32.1. The topological polar surface area (TPSA) is 61.8 Å². The van der Waals surface area contributed by atoms with Crippen LogP contribution >= 0.6 is 12.2 Å². The molecule has 128 valence electrons. The number of carbonyl (C=O) groups excluding carboxylic acids is 1. The van der Waals surface area contributed by atoms with Gasteiger partial charge in [0.2, 0.25) is 0 Å². The maximum absolute atomic E-state index is 12.8. The molecule has 1 heterocycles. The van der Waals surface area contributed by atoms with E-state index in [0.29, 0.717) is 16.6 Å². The van der Waals surface area contributed by atoms with Crippen LogP contribution in [-0.4, -0.2) is 23.2 Å². The summed E-state index contributed by atoms with van der Waals surface area (Å²) >= 11 is 5.36. The van der Waals surface area contributed by atoms with Crippen molar-refractivity contribution in [2.24, 2.45) is 0 Å². The van der Waals surface area contributed by atoms with Crippen molar-refractivity contribution in [1.82, 2.24) is 5.32 Å². The van der Waals surface area contributed by atoms with Gasteiger partial charge in [0, 0.05) is 0 Å². The summed E-state index contributed by atoms with van der Waals surface area (Å²) in [6, 6.07) is 12.6. The fourth-order valence-corrected chi connectivity index (χ4v) is 3.02. The second kappa shape index (κ2) is 6.94. The highest BCUT2D eigenvalue weighted by molar-refractivity contribution is 7.80. The zero-order valence-electron chi connectivity index (χ0n) is 13.9. The molecule has 1 saturated heterocycles. The highest BCUT2D eigenvalue weighted by Crippen LogP contribution is 2.29. The van der Waals surface area contributed by atoms with E-state index in [4.69, 9.17) is 17.0 Å². The van der Waals surface area contributed by atoms with Gasteiger partial charge in [-0.3, -0.25) is 9.69 Å². The fourth-order valence-electron chi connectivity index (χ4n) is 2.73. The van der Waals surface area contributed by atoms with Crippen molar-refractivity contribution in [1.29, 1.82) is 0 Å². The van der Waals surface area contributed by atoms with E-state index in [1.807, 2.05) is 31.2 Å². The van der Waals surface area contributed by atoms with E-state index in [9.17, 15) is 9.90 Å². The summed E-state index contributed by atoms with van der Waals surface area (Å²) in [6.07, 6.45) is 2.49. The minimum Gasteiger partial charge on any atom is -0.504 e. The summed E-state index contributed by atoms with van der Waals surface area (Å²) in [5.41, 5.74) is 2.94. The second-order valence-corrected chi connectivity index (χ2v) is 5.93. The van der Waals surface area contributed by atoms with Crippen LogP contribution in [0.1, 0.15) is 18.1 Å². The molecule has 1 aliphatic rings. The first-order valence-electron chi connectivity index (χ1n) is 7.87. The average molecular weight is 354 g/mol. The molecule has 0 bridgehead atoms. The van der Waals surface area contributed by atoms with Crippen LogP contribution in [0.2, 0.25) is 0 Å². The number of nitrogens with one attached hydrogen (secondary N) is 1. The highest BCUT2D eigenvalue weighted by Gasteiger charge is 2.32. The SMILES string of the molecule is CCc1ccccc1N1C(=O)/C(=C\c2ccc(O)c(OC)c2)NC1=S. The summed E-state index contributed by atoms with van der Waals surface area (Å²) < 4.78 is 5.10. The number of nitrogens with zero attached hydrogens (tertiary/aromatic N) is 1. The van der Waals surface area contributed by atoms with E-state index < -0.39 is 0 Å². The number of aromatic hydroxyl groups is 1. The van der Waals surface area contributed by atoms with E-state index in [1.165, 1.54) is 18.1 Å². The Labute approximate surface area is 151 Å². The molecule has 2 aromatic carbocycles. The molecule has 0 radical (unpaired) electrons. The van der Waals surface area contributed by atoms with Gasteiger partial charge in [-0.1, -0.05) is 31.2 Å². The molecule has 1 fully saturated rings. The lowest BCUT2D eigenvalue weighted by molar-refractivity contribution is -0.113. The lowest BCUT2D eigenvalue weighted by atomic mass is 10.1. The molecule has 0 atom stereocenters. The van der Waals surface area contributed by atoms with E-state index in [1.54, 1.807) is 18.2 Å². The minimum absolute atomic E-state index is 0.0457. The first kappa shape index (κ1) is 17.0. The molecule has 2 aromatic rings. The normalized spacial score (nSPS) is 15.6. The molecule has 1 amide bonds. The summed E-state index contributed by atoms with van der Waals surface area (Å²) in [6.45, 7) is 2.04. The van der Waals surface area contributed by atoms with Crippen molar-refractivity contribution in [2.45, 2.75) is 13.3 Å². The third-order valence-corrected chi connectivity index (χ3v) is 4.29. The Balaban J connectivity index is 1.96. The predicted molar refractivity (Wildman–Crippen MR) is 102 cm³/mol. The van der Waals surface area contributed by atoms with Crippen LogP contribution in [-0.2, 0) is 11.2 Å². The predicted octanol–water partition coefficient (Wildman–Crippen LogP) is 3.23. The lowest BCUT2D eigenvalue weighted by Crippen LogP contribution is -2.31. The number of anilines is 1. The lowest BCUT2D eigenvalue weighted by Gasteiger charge is -2.17. The number of phenolic OH excluding ortho intramolecular Hbond substituents is 1. The molecule has 0 spiro atoms. The van der Waals surface area contributed by atoms with Gasteiger partial charge < -0.3 is 15.2 Å². The van der Waals surface area contributed by atoms with Gasteiger partial charge in [0.25, 0.3) is 5.91 Å². The standard InChI is InChI=1S/C19H18N2O3S/c1-3-13-6-4-5-7-15(13)21-18(23)14(20-19(21)25)10-12-8-9-16(22)17(11-12)24-2/h4-11,22H,3H2,1-2H3,(H,20,25)/b14-10+. The quantitative estimate of drug-likeness (QED) is 0.652. The summed E-state index contributed by atoms with van der Waals surface area (Å²) in [5.74, 6) is 0.179. The van der Waals surface area contributed by atoms with Gasteiger partial charge in [0.15, 0.2) is 16.6 Å².